The zero-order valence-electron chi connectivity index (χ0n) is 16.2. The maximum atomic E-state index is 12.9. The molecule has 0 fully saturated rings. The van der Waals surface area contributed by atoms with Gasteiger partial charge in [-0.1, -0.05) is 12.1 Å². The van der Waals surface area contributed by atoms with Gasteiger partial charge in [0.05, 0.1) is 30.7 Å². The van der Waals surface area contributed by atoms with Crippen molar-refractivity contribution in [2.75, 3.05) is 7.11 Å². The summed E-state index contributed by atoms with van der Waals surface area (Å²) in [5.41, 5.74) is 1.84. The number of hydrogen-bond acceptors (Lipinski definition) is 3. The number of carbonyl (C=O) groups is 1. The molecule has 5 nitrogen and oxygen atoms in total. The van der Waals surface area contributed by atoms with Crippen LogP contribution in [-0.4, -0.2) is 17.6 Å². The van der Waals surface area contributed by atoms with Crippen molar-refractivity contribution in [1.29, 1.82) is 5.26 Å². The molecule has 0 spiro atoms. The first-order valence-corrected chi connectivity index (χ1v) is 9.13. The molecule has 154 valence electrons. The molecule has 0 aliphatic heterocycles. The number of halogens is 3. The lowest BCUT2D eigenvalue weighted by Gasteiger charge is -2.07. The van der Waals surface area contributed by atoms with E-state index in [1.807, 2.05) is 15.2 Å². The van der Waals surface area contributed by atoms with Gasteiger partial charge in [-0.3, -0.25) is 0 Å². The summed E-state index contributed by atoms with van der Waals surface area (Å²) in [4.78, 5) is 11.8. The Morgan fingerprint density at radius 1 is 1.20 bits per heavy atom. The summed E-state index contributed by atoms with van der Waals surface area (Å²) in [6.07, 6.45) is -0.500. The summed E-state index contributed by atoms with van der Waals surface area (Å²) >= 11 is 0. The fourth-order valence-electron chi connectivity index (χ4n) is 3.11. The number of alkyl halides is 3. The van der Waals surface area contributed by atoms with E-state index in [1.165, 1.54) is 19.2 Å². The third-order valence-electron chi connectivity index (χ3n) is 4.58. The molecule has 0 N–H and O–H groups in total. The highest BCUT2D eigenvalue weighted by Crippen LogP contribution is 2.31. The first kappa shape index (κ1) is 21.1. The van der Waals surface area contributed by atoms with E-state index in [2.05, 4.69) is 6.07 Å². The highest BCUT2D eigenvalue weighted by atomic mass is 19.4. The van der Waals surface area contributed by atoms with Crippen molar-refractivity contribution < 1.29 is 27.3 Å². The largest absolute Gasteiger partial charge is 0.465 e. The van der Waals surface area contributed by atoms with Crippen molar-refractivity contribution in [3.05, 3.63) is 77.7 Å². The molecule has 0 saturated heterocycles. The number of rotatable bonds is 6. The van der Waals surface area contributed by atoms with Gasteiger partial charge in [0.2, 0.25) is 6.33 Å². The van der Waals surface area contributed by atoms with Crippen LogP contribution in [0.2, 0.25) is 0 Å². The zero-order valence-corrected chi connectivity index (χ0v) is 16.2. The fraction of sp³-hybridized carbons (Fsp3) is 0.227. The summed E-state index contributed by atoms with van der Waals surface area (Å²) in [5, 5.41) is 8.85. The molecule has 0 unspecified atom stereocenters. The fourth-order valence-corrected chi connectivity index (χ4v) is 3.11. The summed E-state index contributed by atoms with van der Waals surface area (Å²) in [6.45, 7) is 0.847. The third kappa shape index (κ3) is 4.87. The lowest BCUT2D eigenvalue weighted by atomic mass is 10.1. The number of nitrogens with zero attached hydrogens (tertiary/aromatic N) is 3. The number of nitriles is 1. The first-order chi connectivity index (χ1) is 14.3. The van der Waals surface area contributed by atoms with Gasteiger partial charge in [0.15, 0.2) is 5.69 Å². The lowest BCUT2D eigenvalue weighted by Crippen LogP contribution is -2.30. The summed E-state index contributed by atoms with van der Waals surface area (Å²) < 4.78 is 47.1. The van der Waals surface area contributed by atoms with Crippen LogP contribution in [0.1, 0.15) is 27.9 Å². The quantitative estimate of drug-likeness (QED) is 0.449. The van der Waals surface area contributed by atoms with E-state index in [1.54, 1.807) is 30.7 Å². The first-order valence-electron chi connectivity index (χ1n) is 9.13. The van der Waals surface area contributed by atoms with Crippen LogP contribution in [0.3, 0.4) is 0 Å². The molecule has 1 heterocycles. The molecular weight excluding hydrogens is 395 g/mol. The minimum Gasteiger partial charge on any atom is -0.465 e. The van der Waals surface area contributed by atoms with E-state index in [9.17, 15) is 18.0 Å². The predicted molar refractivity (Wildman–Crippen MR) is 102 cm³/mol. The van der Waals surface area contributed by atoms with Crippen LogP contribution in [0.4, 0.5) is 13.2 Å². The minimum absolute atomic E-state index is 0.305. The predicted octanol–water partition coefficient (Wildman–Crippen LogP) is 4.21. The van der Waals surface area contributed by atoms with Crippen molar-refractivity contribution in [2.45, 2.75) is 25.7 Å². The van der Waals surface area contributed by atoms with E-state index >= 15 is 0 Å². The van der Waals surface area contributed by atoms with Crippen LogP contribution in [0, 0.1) is 11.3 Å². The molecule has 0 atom stereocenters. The summed E-state index contributed by atoms with van der Waals surface area (Å²) in [6, 6.07) is 14.0. The molecule has 30 heavy (non-hydrogen) atoms. The number of esters is 1. The molecule has 0 amide bonds. The smallest absolute Gasteiger partial charge is 0.416 e. The van der Waals surface area contributed by atoms with Crippen molar-refractivity contribution in [3.8, 4) is 17.3 Å². The molecule has 0 bridgehead atoms. The van der Waals surface area contributed by atoms with E-state index in [4.69, 9.17) is 10.00 Å². The molecule has 1 aromatic heterocycles. The number of imidazole rings is 1. The maximum Gasteiger partial charge on any atom is 0.416 e. The SMILES string of the molecule is COC(=O)c1cccc(Cn2c[n+](CCC#N)cc2-c2ccc(C(F)(F)F)cc2)c1. The highest BCUT2D eigenvalue weighted by molar-refractivity contribution is 5.89. The molecule has 0 radical (unpaired) electrons. The van der Waals surface area contributed by atoms with Gasteiger partial charge in [-0.2, -0.15) is 18.4 Å². The van der Waals surface area contributed by atoms with Crippen LogP contribution >= 0.6 is 0 Å². The Morgan fingerprint density at radius 2 is 1.93 bits per heavy atom. The Bertz CT molecular complexity index is 1080. The van der Waals surface area contributed by atoms with Crippen LogP contribution in [0.25, 0.3) is 11.3 Å². The van der Waals surface area contributed by atoms with E-state index in [0.29, 0.717) is 36.3 Å². The topological polar surface area (TPSA) is 58.9 Å². The molecule has 0 saturated carbocycles. The van der Waals surface area contributed by atoms with Crippen molar-refractivity contribution in [2.24, 2.45) is 0 Å². The highest BCUT2D eigenvalue weighted by Gasteiger charge is 2.30. The lowest BCUT2D eigenvalue weighted by molar-refractivity contribution is -0.695. The standard InChI is InChI=1S/C22H19F3N3O2/c1-30-21(29)18-5-2-4-16(12-18)13-28-15-27(11-3-10-26)14-20(28)17-6-8-19(9-7-17)22(23,24)25/h2,4-9,12,14-15H,3,11,13H2,1H3/q+1. The Kier molecular flexibility index (Phi) is 6.21. The monoisotopic (exact) mass is 414 g/mol. The van der Waals surface area contributed by atoms with Crippen LogP contribution in [0.5, 0.6) is 0 Å². The van der Waals surface area contributed by atoms with Gasteiger partial charge in [0.25, 0.3) is 0 Å². The van der Waals surface area contributed by atoms with Gasteiger partial charge in [-0.05, 0) is 42.0 Å². The number of ether oxygens (including phenoxy) is 1. The van der Waals surface area contributed by atoms with E-state index < -0.39 is 17.7 Å². The average Bonchev–Trinajstić information content (AvgIpc) is 3.13. The summed E-state index contributed by atoms with van der Waals surface area (Å²) in [5.74, 6) is -0.448. The molecule has 0 aliphatic rings. The van der Waals surface area contributed by atoms with Crippen molar-refractivity contribution >= 4 is 5.97 Å². The van der Waals surface area contributed by atoms with Gasteiger partial charge < -0.3 is 4.74 Å². The molecule has 2 aromatic carbocycles. The van der Waals surface area contributed by atoms with Crippen LogP contribution in [-0.2, 0) is 24.0 Å². The number of hydrogen-bond donors (Lipinski definition) is 0. The number of methoxy groups -OCH3 is 1. The third-order valence-corrected chi connectivity index (χ3v) is 4.58. The Hall–Kier alpha value is -3.60. The van der Waals surface area contributed by atoms with Gasteiger partial charge in [0, 0.05) is 5.56 Å². The Labute approximate surface area is 171 Å². The second-order valence-electron chi connectivity index (χ2n) is 6.67. The number of aromatic nitrogens is 2. The zero-order chi connectivity index (χ0) is 21.7. The number of carbonyl (C=O) groups excluding carboxylic acids is 1. The van der Waals surface area contributed by atoms with Crippen LogP contribution in [0.15, 0.2) is 61.1 Å². The molecule has 3 aromatic rings. The van der Waals surface area contributed by atoms with Gasteiger partial charge >= 0.3 is 12.1 Å². The van der Waals surface area contributed by atoms with Crippen LogP contribution < -0.4 is 4.57 Å². The number of aryl methyl sites for hydroxylation is 1. The minimum atomic E-state index is -4.40. The van der Waals surface area contributed by atoms with E-state index in [0.717, 1.165) is 17.7 Å². The van der Waals surface area contributed by atoms with Crippen molar-refractivity contribution in [1.82, 2.24) is 4.57 Å². The molecule has 3 rings (SSSR count). The normalized spacial score (nSPS) is 11.2. The Morgan fingerprint density at radius 3 is 2.57 bits per heavy atom. The van der Waals surface area contributed by atoms with Gasteiger partial charge in [0.1, 0.15) is 19.3 Å². The Balaban J connectivity index is 1.97. The molecular formula is C22H19F3N3O2+. The van der Waals surface area contributed by atoms with E-state index in [-0.39, 0.29) is 0 Å². The maximum absolute atomic E-state index is 12.9. The molecule has 0 aliphatic carbocycles. The van der Waals surface area contributed by atoms with Crippen molar-refractivity contribution in [3.63, 3.8) is 0 Å². The molecule has 8 heteroatoms. The van der Waals surface area contributed by atoms with Gasteiger partial charge in [-0.15, -0.1) is 0 Å². The second-order valence-corrected chi connectivity index (χ2v) is 6.67. The second kappa shape index (κ2) is 8.82. The number of benzene rings is 2. The average molecular weight is 414 g/mol. The summed E-state index contributed by atoms with van der Waals surface area (Å²) in [7, 11) is 1.31. The van der Waals surface area contributed by atoms with Gasteiger partial charge in [-0.25, -0.2) is 13.9 Å².